The van der Waals surface area contributed by atoms with Crippen molar-refractivity contribution < 1.29 is 23.0 Å². The molecule has 0 bridgehead atoms. The molecule has 1 aromatic carbocycles. The van der Waals surface area contributed by atoms with Crippen LogP contribution in [0.4, 0.5) is 13.2 Å². The minimum absolute atomic E-state index is 0. The van der Waals surface area contributed by atoms with E-state index < -0.39 is 12.4 Å². The Morgan fingerprint density at radius 1 is 1.35 bits per heavy atom. The van der Waals surface area contributed by atoms with Gasteiger partial charge in [-0.2, -0.15) is 0 Å². The molecular formula is C10H13ClF3NO2. The maximum atomic E-state index is 11.9. The molecular weight excluding hydrogens is 259 g/mol. The van der Waals surface area contributed by atoms with Crippen molar-refractivity contribution in [1.82, 2.24) is 0 Å². The van der Waals surface area contributed by atoms with Crippen LogP contribution in [0.3, 0.4) is 0 Å². The highest BCUT2D eigenvalue weighted by molar-refractivity contribution is 5.85. The summed E-state index contributed by atoms with van der Waals surface area (Å²) in [6.07, 6.45) is -4.40. The quantitative estimate of drug-likeness (QED) is 0.879. The average molecular weight is 272 g/mol. The van der Waals surface area contributed by atoms with Crippen molar-refractivity contribution in [1.29, 1.82) is 0 Å². The molecule has 0 aromatic heterocycles. The normalized spacial score (nSPS) is 12.8. The van der Waals surface area contributed by atoms with Gasteiger partial charge in [-0.15, -0.1) is 25.6 Å². The van der Waals surface area contributed by atoms with Gasteiger partial charge in [-0.1, -0.05) is 12.1 Å². The molecule has 0 saturated heterocycles. The highest BCUT2D eigenvalue weighted by Crippen LogP contribution is 2.23. The highest BCUT2D eigenvalue weighted by atomic mass is 35.5. The van der Waals surface area contributed by atoms with Gasteiger partial charge in [0.15, 0.2) is 0 Å². The minimum Gasteiger partial charge on any atom is -0.406 e. The summed E-state index contributed by atoms with van der Waals surface area (Å²) in [7, 11) is 0. The van der Waals surface area contributed by atoms with Gasteiger partial charge >= 0.3 is 6.36 Å². The zero-order valence-electron chi connectivity index (χ0n) is 8.78. The van der Waals surface area contributed by atoms with Crippen molar-refractivity contribution in [3.63, 3.8) is 0 Å². The fraction of sp³-hybridized carbons (Fsp3) is 0.400. The molecule has 0 fully saturated rings. The predicted octanol–water partition coefficient (Wildman–Crippen LogP) is 1.87. The number of alkyl halides is 3. The van der Waals surface area contributed by atoms with Gasteiger partial charge in [-0.05, 0) is 24.1 Å². The summed E-state index contributed by atoms with van der Waals surface area (Å²) in [5, 5.41) is 8.72. The number of hydrogen-bond acceptors (Lipinski definition) is 3. The fourth-order valence-electron chi connectivity index (χ4n) is 1.24. The van der Waals surface area contributed by atoms with Crippen molar-refractivity contribution in [2.45, 2.75) is 18.8 Å². The molecule has 7 heteroatoms. The third-order valence-electron chi connectivity index (χ3n) is 1.86. The number of hydrogen-bond donors (Lipinski definition) is 2. The second-order valence-corrected chi connectivity index (χ2v) is 3.34. The minimum atomic E-state index is -4.70. The Morgan fingerprint density at radius 2 is 2.00 bits per heavy atom. The smallest absolute Gasteiger partial charge is 0.406 e. The molecule has 0 amide bonds. The van der Waals surface area contributed by atoms with Gasteiger partial charge in [-0.3, -0.25) is 0 Å². The molecule has 0 aliphatic heterocycles. The summed E-state index contributed by atoms with van der Waals surface area (Å²) in [6.45, 7) is -0.218. The Hall–Kier alpha value is -0.980. The lowest BCUT2D eigenvalue weighted by atomic mass is 10.1. The number of aliphatic hydroxyl groups is 1. The van der Waals surface area contributed by atoms with Crippen LogP contribution >= 0.6 is 12.4 Å². The van der Waals surface area contributed by atoms with Crippen LogP contribution in [-0.4, -0.2) is 24.1 Å². The molecule has 0 radical (unpaired) electrons. The summed E-state index contributed by atoms with van der Waals surface area (Å²) in [6, 6.07) is 5.05. The molecule has 0 spiro atoms. The number of nitrogens with two attached hydrogens (primary N) is 1. The molecule has 0 aliphatic carbocycles. The second kappa shape index (κ2) is 6.68. The fourth-order valence-corrected chi connectivity index (χ4v) is 1.24. The van der Waals surface area contributed by atoms with Gasteiger partial charge in [0.2, 0.25) is 0 Å². The van der Waals surface area contributed by atoms with Gasteiger partial charge in [0.25, 0.3) is 0 Å². The number of ether oxygens (including phenoxy) is 1. The third kappa shape index (κ3) is 6.35. The SMILES string of the molecule is Cl.NC(CO)Cc1cccc(OC(F)(F)F)c1. The molecule has 1 rings (SSSR count). The monoisotopic (exact) mass is 271 g/mol. The molecule has 1 atom stereocenters. The van der Waals surface area contributed by atoms with E-state index in [1.165, 1.54) is 18.2 Å². The first-order chi connectivity index (χ1) is 7.40. The van der Waals surface area contributed by atoms with E-state index in [2.05, 4.69) is 4.74 Å². The lowest BCUT2D eigenvalue weighted by Gasteiger charge is -2.11. The van der Waals surface area contributed by atoms with Crippen LogP contribution in [0.2, 0.25) is 0 Å². The third-order valence-corrected chi connectivity index (χ3v) is 1.86. The van der Waals surface area contributed by atoms with Crippen LogP contribution in [0.1, 0.15) is 5.56 Å². The Bertz CT molecular complexity index is 347. The molecule has 1 aromatic rings. The summed E-state index contributed by atoms with van der Waals surface area (Å²) in [4.78, 5) is 0. The Morgan fingerprint density at radius 3 is 2.53 bits per heavy atom. The topological polar surface area (TPSA) is 55.5 Å². The van der Waals surface area contributed by atoms with Gasteiger partial charge in [-0.25, -0.2) is 0 Å². The molecule has 3 nitrogen and oxygen atoms in total. The first kappa shape index (κ1) is 16.0. The average Bonchev–Trinajstić information content (AvgIpc) is 2.15. The number of rotatable bonds is 4. The summed E-state index contributed by atoms with van der Waals surface area (Å²) in [5.74, 6) is -0.282. The van der Waals surface area contributed by atoms with Crippen LogP contribution in [0.25, 0.3) is 0 Å². The van der Waals surface area contributed by atoms with Crippen LogP contribution in [-0.2, 0) is 6.42 Å². The van der Waals surface area contributed by atoms with E-state index in [0.717, 1.165) is 0 Å². The molecule has 17 heavy (non-hydrogen) atoms. The van der Waals surface area contributed by atoms with Gasteiger partial charge in [0, 0.05) is 6.04 Å². The Balaban J connectivity index is 0.00000256. The Kier molecular flexibility index (Phi) is 6.30. The second-order valence-electron chi connectivity index (χ2n) is 3.34. The van der Waals surface area contributed by atoms with E-state index in [-0.39, 0.29) is 24.8 Å². The number of benzene rings is 1. The summed E-state index contributed by atoms with van der Waals surface area (Å²) >= 11 is 0. The van der Waals surface area contributed by atoms with Gasteiger partial charge in [0.1, 0.15) is 5.75 Å². The molecule has 3 N–H and O–H groups in total. The van der Waals surface area contributed by atoms with Crippen LogP contribution < -0.4 is 10.5 Å². The molecule has 0 saturated carbocycles. The van der Waals surface area contributed by atoms with Crippen molar-refractivity contribution in [2.24, 2.45) is 5.73 Å². The van der Waals surface area contributed by atoms with E-state index in [0.29, 0.717) is 12.0 Å². The highest BCUT2D eigenvalue weighted by Gasteiger charge is 2.31. The zero-order chi connectivity index (χ0) is 12.2. The standard InChI is InChI=1S/C10H12F3NO2.ClH/c11-10(12,13)16-9-3-1-2-7(5-9)4-8(14)6-15;/h1-3,5,8,15H,4,6,14H2;1H. The summed E-state index contributed by atoms with van der Waals surface area (Å²) < 4.78 is 39.5. The maximum Gasteiger partial charge on any atom is 0.573 e. The van der Waals surface area contributed by atoms with Crippen molar-refractivity contribution in [3.8, 4) is 5.75 Å². The van der Waals surface area contributed by atoms with Crippen molar-refractivity contribution in [2.75, 3.05) is 6.61 Å². The molecule has 0 aliphatic rings. The van der Waals surface area contributed by atoms with Gasteiger partial charge in [0.05, 0.1) is 6.61 Å². The van der Waals surface area contributed by atoms with E-state index in [1.54, 1.807) is 6.07 Å². The largest absolute Gasteiger partial charge is 0.573 e. The zero-order valence-corrected chi connectivity index (χ0v) is 9.59. The van der Waals surface area contributed by atoms with Crippen LogP contribution in [0, 0.1) is 0 Å². The maximum absolute atomic E-state index is 11.9. The lowest BCUT2D eigenvalue weighted by Crippen LogP contribution is -2.26. The number of aliphatic hydroxyl groups excluding tert-OH is 1. The number of halogens is 4. The van der Waals surface area contributed by atoms with E-state index >= 15 is 0 Å². The van der Waals surface area contributed by atoms with E-state index in [9.17, 15) is 13.2 Å². The summed E-state index contributed by atoms with van der Waals surface area (Å²) in [5.41, 5.74) is 6.06. The Labute approximate surface area is 103 Å². The molecule has 98 valence electrons. The van der Waals surface area contributed by atoms with Crippen LogP contribution in [0.15, 0.2) is 24.3 Å². The van der Waals surface area contributed by atoms with Crippen molar-refractivity contribution >= 4 is 12.4 Å². The first-order valence-corrected chi connectivity index (χ1v) is 4.62. The molecule has 0 heterocycles. The lowest BCUT2D eigenvalue weighted by molar-refractivity contribution is -0.274. The first-order valence-electron chi connectivity index (χ1n) is 4.62. The van der Waals surface area contributed by atoms with E-state index in [4.69, 9.17) is 10.8 Å². The molecule has 1 unspecified atom stereocenters. The van der Waals surface area contributed by atoms with E-state index in [1.807, 2.05) is 0 Å². The van der Waals surface area contributed by atoms with Crippen molar-refractivity contribution in [3.05, 3.63) is 29.8 Å². The van der Waals surface area contributed by atoms with Crippen LogP contribution in [0.5, 0.6) is 5.75 Å². The predicted molar refractivity (Wildman–Crippen MR) is 59.1 cm³/mol. The van der Waals surface area contributed by atoms with Gasteiger partial charge < -0.3 is 15.6 Å².